The molecule has 0 atom stereocenters. The summed E-state index contributed by atoms with van der Waals surface area (Å²) in [6.07, 6.45) is 0. The van der Waals surface area contributed by atoms with E-state index in [-0.39, 0.29) is 21.7 Å². The average molecular weight is 770 g/mol. The highest BCUT2D eigenvalue weighted by atomic mass is 16.3. The van der Waals surface area contributed by atoms with Crippen LogP contribution < -0.4 is 4.90 Å². The number of anilines is 3. The second-order valence-corrected chi connectivity index (χ2v) is 20.2. The zero-order valence-electron chi connectivity index (χ0n) is 35.9. The van der Waals surface area contributed by atoms with Gasteiger partial charge in [-0.05, 0) is 97.8 Å². The van der Waals surface area contributed by atoms with Crippen LogP contribution in [0.5, 0.6) is 0 Å². The van der Waals surface area contributed by atoms with E-state index in [1.807, 2.05) is 6.07 Å². The molecule has 11 rings (SSSR count). The van der Waals surface area contributed by atoms with Crippen LogP contribution in [0.1, 0.15) is 103 Å². The number of benzene rings is 7. The molecule has 0 unspecified atom stereocenters. The summed E-state index contributed by atoms with van der Waals surface area (Å²) in [5.74, 6) is 0. The van der Waals surface area contributed by atoms with Gasteiger partial charge in [0, 0.05) is 60.9 Å². The van der Waals surface area contributed by atoms with E-state index in [9.17, 15) is 0 Å². The molecule has 0 fully saturated rings. The van der Waals surface area contributed by atoms with Crippen LogP contribution in [-0.4, -0.2) is 0 Å². The third kappa shape index (κ3) is 5.00. The third-order valence-corrected chi connectivity index (χ3v) is 13.7. The summed E-state index contributed by atoms with van der Waals surface area (Å²) in [6, 6.07) is 47.4. The predicted octanol–water partition coefficient (Wildman–Crippen LogP) is 16.2. The normalized spacial score (nSPS) is 15.2. The Morgan fingerprint density at radius 3 is 1.93 bits per heavy atom. The molecule has 0 radical (unpaired) electrons. The lowest BCUT2D eigenvalue weighted by Crippen LogP contribution is -2.21. The van der Waals surface area contributed by atoms with Gasteiger partial charge in [0.15, 0.2) is 0 Å². The van der Waals surface area contributed by atoms with Crippen molar-refractivity contribution in [3.05, 3.63) is 161 Å². The fourth-order valence-electron chi connectivity index (χ4n) is 10.6. The van der Waals surface area contributed by atoms with Gasteiger partial charge in [-0.25, -0.2) is 0 Å². The number of hydrogen-bond donors (Lipinski definition) is 0. The summed E-state index contributed by atoms with van der Waals surface area (Å²) in [4.78, 5) is 2.47. The van der Waals surface area contributed by atoms with E-state index >= 15 is 0 Å². The monoisotopic (exact) mass is 769 g/mol. The SMILES string of the molecule is CC(C)(C)c1cc(C(C)(C)C)c2oc3c4c(ccc3c2c1)C(C)(C)c1c-4cccc1N(c1ccc2c(c1)C(C)(C)c1ccccc1-2)c1ccc2c(c1)oc1ccccc12. The molecule has 292 valence electrons. The summed E-state index contributed by atoms with van der Waals surface area (Å²) in [6.45, 7) is 23.3. The number of fused-ring (bicyclic) bond motifs is 13. The third-order valence-electron chi connectivity index (χ3n) is 13.7. The Morgan fingerprint density at radius 2 is 1.14 bits per heavy atom. The van der Waals surface area contributed by atoms with Gasteiger partial charge >= 0.3 is 0 Å². The van der Waals surface area contributed by atoms with Crippen molar-refractivity contribution in [1.29, 1.82) is 0 Å². The van der Waals surface area contributed by atoms with Crippen LogP contribution in [0.15, 0.2) is 136 Å². The van der Waals surface area contributed by atoms with Crippen molar-refractivity contribution >= 4 is 60.9 Å². The molecule has 2 heterocycles. The first-order valence-electron chi connectivity index (χ1n) is 21.2. The number of hydrogen-bond acceptors (Lipinski definition) is 3. The van der Waals surface area contributed by atoms with Gasteiger partial charge in [-0.15, -0.1) is 0 Å². The summed E-state index contributed by atoms with van der Waals surface area (Å²) in [5, 5.41) is 4.63. The van der Waals surface area contributed by atoms with Crippen LogP contribution in [0.4, 0.5) is 17.1 Å². The molecule has 2 aliphatic rings. The summed E-state index contributed by atoms with van der Waals surface area (Å²) in [5.41, 5.74) is 19.5. The van der Waals surface area contributed by atoms with Crippen molar-refractivity contribution in [3.63, 3.8) is 0 Å². The number of nitrogens with zero attached hydrogens (tertiary/aromatic N) is 1. The van der Waals surface area contributed by atoms with Crippen LogP contribution >= 0.6 is 0 Å². The van der Waals surface area contributed by atoms with Crippen molar-refractivity contribution in [2.45, 2.75) is 90.9 Å². The molecule has 9 aromatic rings. The highest BCUT2D eigenvalue weighted by molar-refractivity contribution is 6.13. The van der Waals surface area contributed by atoms with E-state index in [0.717, 1.165) is 50.2 Å². The standard InChI is InChI=1S/C56H51NO2/c1-53(2,3)32-28-41-39-26-27-43-49(52(39)59-51(41)45(29-32)54(4,5)6)40-18-15-20-46(50(40)56(43,9)10)57(34-23-25-38-37-17-12-14-21-47(37)58-48(38)31-34)33-22-24-36-35-16-11-13-19-42(35)55(7,8)44(36)30-33/h11-31H,1-10H3. The largest absolute Gasteiger partial charge is 0.456 e. The Labute approximate surface area is 347 Å². The number of para-hydroxylation sites is 1. The van der Waals surface area contributed by atoms with E-state index in [4.69, 9.17) is 8.83 Å². The van der Waals surface area contributed by atoms with Crippen molar-refractivity contribution in [2.24, 2.45) is 0 Å². The van der Waals surface area contributed by atoms with E-state index < -0.39 is 0 Å². The lowest BCUT2D eigenvalue weighted by atomic mass is 9.79. The average Bonchev–Trinajstić information content (AvgIpc) is 3.89. The van der Waals surface area contributed by atoms with E-state index in [2.05, 4.69) is 195 Å². The van der Waals surface area contributed by atoms with Crippen LogP contribution in [0.3, 0.4) is 0 Å². The molecule has 0 saturated carbocycles. The second kappa shape index (κ2) is 11.8. The van der Waals surface area contributed by atoms with E-state index in [0.29, 0.717) is 0 Å². The van der Waals surface area contributed by atoms with Gasteiger partial charge in [-0.2, -0.15) is 0 Å². The Kier molecular flexibility index (Phi) is 7.20. The second-order valence-electron chi connectivity index (χ2n) is 20.2. The summed E-state index contributed by atoms with van der Waals surface area (Å²) < 4.78 is 13.7. The fourth-order valence-corrected chi connectivity index (χ4v) is 10.6. The molecular weight excluding hydrogens is 719 g/mol. The Morgan fingerprint density at radius 1 is 0.458 bits per heavy atom. The molecule has 3 heteroatoms. The van der Waals surface area contributed by atoms with Gasteiger partial charge in [0.05, 0.1) is 5.69 Å². The van der Waals surface area contributed by atoms with E-state index in [1.54, 1.807) is 0 Å². The van der Waals surface area contributed by atoms with Crippen molar-refractivity contribution < 1.29 is 8.83 Å². The molecule has 0 N–H and O–H groups in total. The van der Waals surface area contributed by atoms with Gasteiger partial charge in [-0.1, -0.05) is 148 Å². The minimum absolute atomic E-state index is 0.00239. The van der Waals surface area contributed by atoms with Crippen molar-refractivity contribution in [3.8, 4) is 22.3 Å². The molecule has 2 aliphatic carbocycles. The van der Waals surface area contributed by atoms with Crippen LogP contribution in [0.25, 0.3) is 66.1 Å². The van der Waals surface area contributed by atoms with Gasteiger partial charge < -0.3 is 13.7 Å². The molecule has 2 aromatic heterocycles. The Hall–Kier alpha value is -6.06. The van der Waals surface area contributed by atoms with Gasteiger partial charge in [0.2, 0.25) is 0 Å². The maximum absolute atomic E-state index is 7.20. The quantitative estimate of drug-likeness (QED) is 0.179. The lowest BCUT2D eigenvalue weighted by Gasteiger charge is -2.33. The molecular formula is C56H51NO2. The first-order chi connectivity index (χ1) is 28.0. The molecule has 0 spiro atoms. The van der Waals surface area contributed by atoms with Crippen molar-refractivity contribution in [1.82, 2.24) is 0 Å². The zero-order valence-corrected chi connectivity index (χ0v) is 35.9. The number of rotatable bonds is 3. The smallest absolute Gasteiger partial charge is 0.143 e. The number of furan rings is 2. The molecule has 0 saturated heterocycles. The maximum atomic E-state index is 7.20. The highest BCUT2D eigenvalue weighted by Crippen LogP contribution is 2.58. The first-order valence-corrected chi connectivity index (χ1v) is 21.2. The Bertz CT molecular complexity index is 3240. The van der Waals surface area contributed by atoms with Gasteiger partial charge in [0.25, 0.3) is 0 Å². The van der Waals surface area contributed by atoms with E-state index in [1.165, 1.54) is 66.4 Å². The summed E-state index contributed by atoms with van der Waals surface area (Å²) >= 11 is 0. The zero-order chi connectivity index (χ0) is 41.0. The predicted molar refractivity (Wildman–Crippen MR) is 248 cm³/mol. The fraction of sp³-hybridized carbons (Fsp3) is 0.250. The molecule has 0 amide bonds. The Balaban J connectivity index is 1.18. The van der Waals surface area contributed by atoms with Crippen LogP contribution in [0, 0.1) is 0 Å². The van der Waals surface area contributed by atoms with Crippen molar-refractivity contribution in [2.75, 3.05) is 4.90 Å². The topological polar surface area (TPSA) is 29.5 Å². The minimum atomic E-state index is -0.328. The molecule has 0 bridgehead atoms. The lowest BCUT2D eigenvalue weighted by molar-refractivity contribution is 0.559. The minimum Gasteiger partial charge on any atom is -0.456 e. The molecule has 0 aliphatic heterocycles. The maximum Gasteiger partial charge on any atom is 0.143 e. The molecule has 59 heavy (non-hydrogen) atoms. The van der Waals surface area contributed by atoms with Crippen LogP contribution in [0.2, 0.25) is 0 Å². The highest BCUT2D eigenvalue weighted by Gasteiger charge is 2.42. The molecule has 3 nitrogen and oxygen atoms in total. The summed E-state index contributed by atoms with van der Waals surface area (Å²) in [7, 11) is 0. The van der Waals surface area contributed by atoms with Crippen LogP contribution in [-0.2, 0) is 21.7 Å². The molecule has 7 aromatic carbocycles. The van der Waals surface area contributed by atoms with Gasteiger partial charge in [-0.3, -0.25) is 0 Å². The van der Waals surface area contributed by atoms with Gasteiger partial charge in [0.1, 0.15) is 22.3 Å². The first kappa shape index (κ1) is 36.1.